The molecule has 0 aliphatic carbocycles. The Hall–Kier alpha value is -2.15. The summed E-state index contributed by atoms with van der Waals surface area (Å²) in [4.78, 5) is 11.7. The average molecular weight is 319 g/mol. The van der Waals surface area contributed by atoms with Crippen LogP contribution >= 0.6 is 0 Å². The minimum absolute atomic E-state index is 0.200. The molecule has 0 atom stereocenters. The van der Waals surface area contributed by atoms with E-state index in [9.17, 15) is 9.90 Å². The number of rotatable bonds is 8. The van der Waals surface area contributed by atoms with Crippen LogP contribution in [0.25, 0.3) is 0 Å². The Morgan fingerprint density at radius 1 is 1.30 bits per heavy atom. The lowest BCUT2D eigenvalue weighted by Crippen LogP contribution is -2.20. The molecule has 0 aromatic carbocycles. The van der Waals surface area contributed by atoms with E-state index in [1.165, 1.54) is 18.9 Å². The molecule has 7 nitrogen and oxygen atoms in total. The molecule has 2 N–H and O–H groups in total. The second-order valence-electron chi connectivity index (χ2n) is 5.79. The summed E-state index contributed by atoms with van der Waals surface area (Å²) < 4.78 is 3.66. The molecule has 23 heavy (non-hydrogen) atoms. The SMILES string of the molecule is CCCCCn1cc(CNCc2c(O)c(=O)cc(C)n2C)nn1. The van der Waals surface area contributed by atoms with Crippen LogP contribution in [-0.2, 0) is 26.7 Å². The Kier molecular flexibility index (Phi) is 5.92. The van der Waals surface area contributed by atoms with Crippen LogP contribution in [0.1, 0.15) is 43.3 Å². The summed E-state index contributed by atoms with van der Waals surface area (Å²) in [5.74, 6) is -0.200. The Bertz CT molecular complexity index is 705. The number of unbranched alkanes of at least 4 members (excludes halogenated alkanes) is 2. The molecular weight excluding hydrogens is 294 g/mol. The monoisotopic (exact) mass is 319 g/mol. The van der Waals surface area contributed by atoms with Crippen LogP contribution in [0, 0.1) is 6.92 Å². The normalized spacial score (nSPS) is 11.1. The zero-order valence-electron chi connectivity index (χ0n) is 14.0. The molecule has 0 aliphatic rings. The first-order valence-electron chi connectivity index (χ1n) is 8.01. The predicted molar refractivity (Wildman–Crippen MR) is 88.2 cm³/mol. The number of nitrogens with one attached hydrogen (secondary N) is 1. The van der Waals surface area contributed by atoms with Crippen LogP contribution in [0.4, 0.5) is 0 Å². The van der Waals surface area contributed by atoms with Crippen LogP contribution < -0.4 is 10.7 Å². The number of hydrogen-bond donors (Lipinski definition) is 2. The summed E-state index contributed by atoms with van der Waals surface area (Å²) >= 11 is 0. The third-order valence-electron chi connectivity index (χ3n) is 3.96. The van der Waals surface area contributed by atoms with Crippen molar-refractivity contribution in [1.82, 2.24) is 24.9 Å². The lowest BCUT2D eigenvalue weighted by atomic mass is 10.2. The van der Waals surface area contributed by atoms with Gasteiger partial charge in [0.2, 0.25) is 5.43 Å². The minimum Gasteiger partial charge on any atom is -0.503 e. The summed E-state index contributed by atoms with van der Waals surface area (Å²) in [6.45, 7) is 5.82. The first-order valence-corrected chi connectivity index (χ1v) is 8.01. The highest BCUT2D eigenvalue weighted by atomic mass is 16.3. The van der Waals surface area contributed by atoms with Crippen molar-refractivity contribution in [2.24, 2.45) is 7.05 Å². The molecule has 2 aromatic rings. The fraction of sp³-hybridized carbons (Fsp3) is 0.562. The molecular formula is C16H25N5O2. The van der Waals surface area contributed by atoms with Crippen molar-refractivity contribution in [3.05, 3.63) is 39.6 Å². The van der Waals surface area contributed by atoms with Crippen molar-refractivity contribution in [1.29, 1.82) is 0 Å². The number of aromatic hydroxyl groups is 1. The second kappa shape index (κ2) is 7.92. The molecule has 0 radical (unpaired) electrons. The van der Waals surface area contributed by atoms with E-state index in [1.54, 1.807) is 0 Å². The third-order valence-corrected chi connectivity index (χ3v) is 3.96. The molecule has 0 bridgehead atoms. The van der Waals surface area contributed by atoms with E-state index in [2.05, 4.69) is 22.6 Å². The Balaban J connectivity index is 1.92. The van der Waals surface area contributed by atoms with E-state index < -0.39 is 0 Å². The summed E-state index contributed by atoms with van der Waals surface area (Å²) in [5, 5.41) is 21.3. The fourth-order valence-electron chi connectivity index (χ4n) is 2.43. The van der Waals surface area contributed by atoms with Gasteiger partial charge >= 0.3 is 0 Å². The van der Waals surface area contributed by atoms with Crippen molar-refractivity contribution >= 4 is 0 Å². The Labute approximate surface area is 136 Å². The summed E-state index contributed by atoms with van der Waals surface area (Å²) in [6.07, 6.45) is 5.40. The maximum Gasteiger partial charge on any atom is 0.223 e. The van der Waals surface area contributed by atoms with E-state index in [0.29, 0.717) is 18.8 Å². The van der Waals surface area contributed by atoms with Crippen LogP contribution in [0.3, 0.4) is 0 Å². The molecule has 7 heteroatoms. The maximum atomic E-state index is 11.7. The molecule has 2 heterocycles. The van der Waals surface area contributed by atoms with Gasteiger partial charge in [-0.25, -0.2) is 0 Å². The summed E-state index contributed by atoms with van der Waals surface area (Å²) in [5.41, 5.74) is 1.88. The lowest BCUT2D eigenvalue weighted by molar-refractivity contribution is 0.445. The molecule has 0 unspecified atom stereocenters. The van der Waals surface area contributed by atoms with Gasteiger partial charge in [0.1, 0.15) is 0 Å². The quantitative estimate of drug-likeness (QED) is 0.720. The van der Waals surface area contributed by atoms with Gasteiger partial charge in [-0.15, -0.1) is 5.10 Å². The van der Waals surface area contributed by atoms with E-state index >= 15 is 0 Å². The van der Waals surface area contributed by atoms with Crippen molar-refractivity contribution in [3.63, 3.8) is 0 Å². The van der Waals surface area contributed by atoms with Gasteiger partial charge in [0.25, 0.3) is 0 Å². The molecule has 0 aliphatic heterocycles. The Morgan fingerprint density at radius 2 is 2.09 bits per heavy atom. The third kappa shape index (κ3) is 4.41. The zero-order chi connectivity index (χ0) is 16.8. The van der Waals surface area contributed by atoms with Gasteiger partial charge in [-0.05, 0) is 13.3 Å². The second-order valence-corrected chi connectivity index (χ2v) is 5.79. The fourth-order valence-corrected chi connectivity index (χ4v) is 2.43. The van der Waals surface area contributed by atoms with E-state index in [4.69, 9.17) is 0 Å². The molecule has 0 saturated heterocycles. The Morgan fingerprint density at radius 3 is 2.83 bits per heavy atom. The standard InChI is InChI=1S/C16H25N5O2/c1-4-5-6-7-21-11-13(18-19-21)9-17-10-14-16(23)15(22)8-12(2)20(14)3/h8,11,17,23H,4-7,9-10H2,1-3H3. The van der Waals surface area contributed by atoms with Crippen molar-refractivity contribution < 1.29 is 5.11 Å². The van der Waals surface area contributed by atoms with Crippen LogP contribution in [0.5, 0.6) is 5.75 Å². The number of nitrogens with zero attached hydrogens (tertiary/aromatic N) is 4. The van der Waals surface area contributed by atoms with E-state index in [1.807, 2.05) is 29.4 Å². The first kappa shape index (κ1) is 17.2. The van der Waals surface area contributed by atoms with Gasteiger partial charge in [-0.3, -0.25) is 9.48 Å². The first-order chi connectivity index (χ1) is 11.0. The highest BCUT2D eigenvalue weighted by Crippen LogP contribution is 2.12. The number of aryl methyl sites for hydroxylation is 2. The summed E-state index contributed by atoms with van der Waals surface area (Å²) in [6, 6.07) is 1.43. The molecule has 0 saturated carbocycles. The smallest absolute Gasteiger partial charge is 0.223 e. The van der Waals surface area contributed by atoms with Gasteiger partial charge in [-0.1, -0.05) is 25.0 Å². The van der Waals surface area contributed by atoms with Crippen LogP contribution in [0.2, 0.25) is 0 Å². The molecule has 0 amide bonds. The van der Waals surface area contributed by atoms with Crippen LogP contribution in [-0.4, -0.2) is 24.7 Å². The molecule has 126 valence electrons. The number of hydrogen-bond acceptors (Lipinski definition) is 5. The predicted octanol–water partition coefficient (Wildman–Crippen LogP) is 1.47. The van der Waals surface area contributed by atoms with E-state index in [0.717, 1.165) is 24.4 Å². The summed E-state index contributed by atoms with van der Waals surface area (Å²) in [7, 11) is 1.83. The van der Waals surface area contributed by atoms with Crippen molar-refractivity contribution in [2.45, 2.75) is 52.7 Å². The number of aromatic nitrogens is 4. The van der Waals surface area contributed by atoms with E-state index in [-0.39, 0.29) is 11.2 Å². The van der Waals surface area contributed by atoms with Gasteiger partial charge < -0.3 is 15.0 Å². The average Bonchev–Trinajstić information content (AvgIpc) is 2.97. The lowest BCUT2D eigenvalue weighted by Gasteiger charge is -2.13. The van der Waals surface area contributed by atoms with Crippen LogP contribution in [0.15, 0.2) is 17.1 Å². The molecule has 0 spiro atoms. The highest BCUT2D eigenvalue weighted by Gasteiger charge is 2.10. The molecule has 0 fully saturated rings. The maximum absolute atomic E-state index is 11.7. The van der Waals surface area contributed by atoms with Gasteiger partial charge in [0.15, 0.2) is 5.75 Å². The topological polar surface area (TPSA) is 85.0 Å². The van der Waals surface area contributed by atoms with Crippen molar-refractivity contribution in [2.75, 3.05) is 0 Å². The minimum atomic E-state index is -0.348. The van der Waals surface area contributed by atoms with Crippen molar-refractivity contribution in [3.8, 4) is 5.75 Å². The zero-order valence-corrected chi connectivity index (χ0v) is 14.0. The highest BCUT2D eigenvalue weighted by molar-refractivity contribution is 5.29. The molecule has 2 rings (SSSR count). The molecule has 2 aromatic heterocycles. The van der Waals surface area contributed by atoms with Gasteiger partial charge in [0, 0.05) is 44.6 Å². The largest absolute Gasteiger partial charge is 0.503 e. The van der Waals surface area contributed by atoms with Gasteiger partial charge in [-0.2, -0.15) is 0 Å². The number of pyridine rings is 1. The van der Waals surface area contributed by atoms with Gasteiger partial charge in [0.05, 0.1) is 11.4 Å².